The maximum absolute atomic E-state index is 13.2. The maximum atomic E-state index is 13.2. The summed E-state index contributed by atoms with van der Waals surface area (Å²) in [5, 5.41) is 4.97. The third-order valence-corrected chi connectivity index (χ3v) is 5.72. The van der Waals surface area contributed by atoms with E-state index in [0.717, 1.165) is 40.6 Å². The van der Waals surface area contributed by atoms with Crippen LogP contribution in [0.15, 0.2) is 42.5 Å². The van der Waals surface area contributed by atoms with Crippen LogP contribution < -0.4 is 10.1 Å². The van der Waals surface area contributed by atoms with Crippen LogP contribution in [-0.4, -0.2) is 17.6 Å². The van der Waals surface area contributed by atoms with Gasteiger partial charge in [0.05, 0.1) is 13.2 Å². The van der Waals surface area contributed by atoms with E-state index in [-0.39, 0.29) is 11.9 Å². The van der Waals surface area contributed by atoms with Crippen LogP contribution in [0, 0.1) is 12.8 Å². The standard InChI is InChI=1S/C22H23ClN2O2/c1-13-18-12-16(23)8-11-19(18)25(2)21(13)22(26)24-20(14-4-5-14)15-6-9-17(27-3)10-7-15/h6-12,14,20H,4-5H2,1-3H3,(H,24,26)/t20-/m1/s1. The van der Waals surface area contributed by atoms with Crippen molar-refractivity contribution in [2.75, 3.05) is 7.11 Å². The molecule has 27 heavy (non-hydrogen) atoms. The molecule has 1 aliphatic rings. The van der Waals surface area contributed by atoms with Crippen LogP contribution in [0.1, 0.15) is 40.5 Å². The summed E-state index contributed by atoms with van der Waals surface area (Å²) in [6.45, 7) is 1.98. The van der Waals surface area contributed by atoms with E-state index in [9.17, 15) is 4.79 Å². The minimum Gasteiger partial charge on any atom is -0.497 e. The Balaban J connectivity index is 1.66. The van der Waals surface area contributed by atoms with Gasteiger partial charge in [0, 0.05) is 23.0 Å². The Hall–Kier alpha value is -2.46. The lowest BCUT2D eigenvalue weighted by molar-refractivity contribution is 0.0923. The largest absolute Gasteiger partial charge is 0.497 e. The fourth-order valence-corrected chi connectivity index (χ4v) is 4.02. The van der Waals surface area contributed by atoms with Gasteiger partial charge in [0.15, 0.2) is 0 Å². The summed E-state index contributed by atoms with van der Waals surface area (Å²) in [5.41, 5.74) is 3.77. The first-order chi connectivity index (χ1) is 13.0. The Morgan fingerprint density at radius 1 is 1.22 bits per heavy atom. The van der Waals surface area contributed by atoms with Crippen molar-refractivity contribution in [2.45, 2.75) is 25.8 Å². The second kappa shape index (κ2) is 6.93. The molecule has 1 fully saturated rings. The summed E-state index contributed by atoms with van der Waals surface area (Å²) in [6.07, 6.45) is 2.28. The van der Waals surface area contributed by atoms with E-state index in [1.807, 2.05) is 61.0 Å². The van der Waals surface area contributed by atoms with E-state index in [4.69, 9.17) is 16.3 Å². The third kappa shape index (κ3) is 3.30. The molecule has 0 saturated heterocycles. The number of halogens is 1. The number of carbonyl (C=O) groups excluding carboxylic acids is 1. The molecule has 1 aliphatic carbocycles. The van der Waals surface area contributed by atoms with Crippen molar-refractivity contribution in [2.24, 2.45) is 13.0 Å². The van der Waals surface area contributed by atoms with Crippen LogP contribution in [0.5, 0.6) is 5.75 Å². The highest BCUT2D eigenvalue weighted by Crippen LogP contribution is 2.41. The van der Waals surface area contributed by atoms with Gasteiger partial charge in [-0.2, -0.15) is 0 Å². The number of aryl methyl sites for hydroxylation is 2. The summed E-state index contributed by atoms with van der Waals surface area (Å²) in [7, 11) is 3.59. The highest BCUT2D eigenvalue weighted by Gasteiger charge is 2.34. The average molecular weight is 383 g/mol. The maximum Gasteiger partial charge on any atom is 0.268 e. The van der Waals surface area contributed by atoms with E-state index in [1.54, 1.807) is 7.11 Å². The van der Waals surface area contributed by atoms with Gasteiger partial charge in [0.1, 0.15) is 11.4 Å². The molecular formula is C22H23ClN2O2. The summed E-state index contributed by atoms with van der Waals surface area (Å²) >= 11 is 6.15. The van der Waals surface area contributed by atoms with Crippen molar-refractivity contribution in [1.82, 2.24) is 9.88 Å². The van der Waals surface area contributed by atoms with Gasteiger partial charge >= 0.3 is 0 Å². The van der Waals surface area contributed by atoms with Gasteiger partial charge < -0.3 is 14.6 Å². The molecular weight excluding hydrogens is 360 g/mol. The molecule has 1 saturated carbocycles. The Morgan fingerprint density at radius 2 is 1.93 bits per heavy atom. The molecule has 4 nitrogen and oxygen atoms in total. The molecule has 140 valence electrons. The number of benzene rings is 2. The number of aromatic nitrogens is 1. The number of fused-ring (bicyclic) bond motifs is 1. The Morgan fingerprint density at radius 3 is 2.56 bits per heavy atom. The fraction of sp³-hybridized carbons (Fsp3) is 0.318. The van der Waals surface area contributed by atoms with Gasteiger partial charge in [-0.05, 0) is 67.1 Å². The van der Waals surface area contributed by atoms with Crippen molar-refractivity contribution in [3.63, 3.8) is 0 Å². The number of amides is 1. The second-order valence-electron chi connectivity index (χ2n) is 7.26. The zero-order chi connectivity index (χ0) is 19.1. The van der Waals surface area contributed by atoms with Gasteiger partial charge in [-0.15, -0.1) is 0 Å². The third-order valence-electron chi connectivity index (χ3n) is 5.48. The van der Waals surface area contributed by atoms with Crippen LogP contribution in [-0.2, 0) is 7.05 Å². The van der Waals surface area contributed by atoms with Gasteiger partial charge in [-0.1, -0.05) is 23.7 Å². The summed E-state index contributed by atoms with van der Waals surface area (Å²) in [4.78, 5) is 13.2. The first kappa shape index (κ1) is 17.9. The lowest BCUT2D eigenvalue weighted by atomic mass is 10.0. The molecule has 4 rings (SSSR count). The SMILES string of the molecule is COc1ccc([C@H](NC(=O)c2c(C)c3cc(Cl)ccc3n2C)C2CC2)cc1. The number of rotatable bonds is 5. The van der Waals surface area contributed by atoms with E-state index < -0.39 is 0 Å². The van der Waals surface area contributed by atoms with Crippen LogP contribution in [0.25, 0.3) is 10.9 Å². The Bertz CT molecular complexity index is 1000. The first-order valence-corrected chi connectivity index (χ1v) is 9.56. The summed E-state index contributed by atoms with van der Waals surface area (Å²) in [5.74, 6) is 1.27. The van der Waals surface area contributed by atoms with Crippen molar-refractivity contribution < 1.29 is 9.53 Å². The molecule has 0 bridgehead atoms. The topological polar surface area (TPSA) is 43.3 Å². The quantitative estimate of drug-likeness (QED) is 0.672. The first-order valence-electron chi connectivity index (χ1n) is 9.19. The number of carbonyl (C=O) groups is 1. The predicted octanol–water partition coefficient (Wildman–Crippen LogP) is 5.03. The molecule has 5 heteroatoms. The summed E-state index contributed by atoms with van der Waals surface area (Å²) in [6, 6.07) is 13.7. The van der Waals surface area contributed by atoms with E-state index in [0.29, 0.717) is 16.6 Å². The zero-order valence-electron chi connectivity index (χ0n) is 15.8. The number of nitrogens with one attached hydrogen (secondary N) is 1. The van der Waals surface area contributed by atoms with Crippen LogP contribution in [0.2, 0.25) is 5.02 Å². The average Bonchev–Trinajstić information content (AvgIpc) is 3.47. The van der Waals surface area contributed by atoms with Gasteiger partial charge in [0.2, 0.25) is 0 Å². The lowest BCUT2D eigenvalue weighted by Gasteiger charge is -2.20. The number of ether oxygens (including phenoxy) is 1. The molecule has 1 aromatic heterocycles. The molecule has 1 heterocycles. The van der Waals surface area contributed by atoms with E-state index >= 15 is 0 Å². The number of nitrogens with zero attached hydrogens (tertiary/aromatic N) is 1. The second-order valence-corrected chi connectivity index (χ2v) is 7.69. The molecule has 1 atom stereocenters. The fourth-order valence-electron chi connectivity index (χ4n) is 3.85. The molecule has 0 spiro atoms. The normalized spacial score (nSPS) is 15.0. The van der Waals surface area contributed by atoms with Crippen molar-refractivity contribution in [1.29, 1.82) is 0 Å². The van der Waals surface area contributed by atoms with Crippen LogP contribution >= 0.6 is 11.6 Å². The zero-order valence-corrected chi connectivity index (χ0v) is 16.5. The van der Waals surface area contributed by atoms with E-state index in [1.165, 1.54) is 0 Å². The van der Waals surface area contributed by atoms with Crippen molar-refractivity contribution in [3.05, 3.63) is 64.3 Å². The monoisotopic (exact) mass is 382 g/mol. The smallest absolute Gasteiger partial charge is 0.268 e. The Labute approximate surface area is 164 Å². The molecule has 0 radical (unpaired) electrons. The molecule has 3 aromatic rings. The van der Waals surface area contributed by atoms with Crippen molar-refractivity contribution in [3.8, 4) is 5.75 Å². The Kier molecular flexibility index (Phi) is 4.60. The predicted molar refractivity (Wildman–Crippen MR) is 109 cm³/mol. The molecule has 1 amide bonds. The highest BCUT2D eigenvalue weighted by atomic mass is 35.5. The van der Waals surface area contributed by atoms with Crippen molar-refractivity contribution >= 4 is 28.4 Å². The number of hydrogen-bond acceptors (Lipinski definition) is 2. The molecule has 2 aromatic carbocycles. The van der Waals surface area contributed by atoms with E-state index in [2.05, 4.69) is 5.32 Å². The molecule has 1 N–H and O–H groups in total. The van der Waals surface area contributed by atoms with Gasteiger partial charge in [0.25, 0.3) is 5.91 Å². The molecule has 0 aliphatic heterocycles. The highest BCUT2D eigenvalue weighted by molar-refractivity contribution is 6.31. The number of methoxy groups -OCH3 is 1. The summed E-state index contributed by atoms with van der Waals surface area (Å²) < 4.78 is 7.20. The van der Waals surface area contributed by atoms with Gasteiger partial charge in [-0.3, -0.25) is 4.79 Å². The minimum absolute atomic E-state index is 0.0180. The number of hydrogen-bond donors (Lipinski definition) is 1. The van der Waals surface area contributed by atoms with Gasteiger partial charge in [-0.25, -0.2) is 0 Å². The van der Waals surface area contributed by atoms with Crippen LogP contribution in [0.3, 0.4) is 0 Å². The minimum atomic E-state index is -0.0463. The van der Waals surface area contributed by atoms with Crippen LogP contribution in [0.4, 0.5) is 0 Å². The molecule has 0 unspecified atom stereocenters. The lowest BCUT2D eigenvalue weighted by Crippen LogP contribution is -2.31.